The Kier molecular flexibility index (Phi) is 8.70. The molecule has 0 aliphatic heterocycles. The van der Waals surface area contributed by atoms with E-state index in [0.29, 0.717) is 12.4 Å². The van der Waals surface area contributed by atoms with Crippen molar-refractivity contribution in [3.63, 3.8) is 0 Å². The smallest absolute Gasteiger partial charge is 0.339 e. The molecule has 0 heterocycles. The summed E-state index contributed by atoms with van der Waals surface area (Å²) in [5.41, 5.74) is 2.97. The van der Waals surface area contributed by atoms with E-state index in [1.54, 1.807) is 18.2 Å². The van der Waals surface area contributed by atoms with Gasteiger partial charge in [-0.2, -0.15) is 0 Å². The topological polar surface area (TPSA) is 65.0 Å². The van der Waals surface area contributed by atoms with Gasteiger partial charge in [-0.15, -0.1) is 0 Å². The lowest BCUT2D eigenvalue weighted by Crippen LogP contribution is -2.22. The molecule has 7 heteroatoms. The van der Waals surface area contributed by atoms with Crippen molar-refractivity contribution in [1.29, 1.82) is 0 Å². The highest BCUT2D eigenvalue weighted by atomic mass is 79.9. The van der Waals surface area contributed by atoms with Crippen LogP contribution in [0.5, 0.6) is 11.5 Å². The zero-order valence-electron chi connectivity index (χ0n) is 18.1. The average molecular weight is 493 g/mol. The van der Waals surface area contributed by atoms with Gasteiger partial charge in [0.15, 0.2) is 6.79 Å². The van der Waals surface area contributed by atoms with Crippen molar-refractivity contribution in [3.05, 3.63) is 57.1 Å². The fraction of sp³-hybridized carbons (Fsp3) is 0.348. The van der Waals surface area contributed by atoms with Crippen LogP contribution < -0.4 is 9.47 Å². The second kappa shape index (κ2) is 10.8. The van der Waals surface area contributed by atoms with E-state index in [0.717, 1.165) is 33.0 Å². The summed E-state index contributed by atoms with van der Waals surface area (Å²) in [5.74, 6) is 0.0484. The first-order valence-corrected chi connectivity index (χ1v) is 14.2. The minimum atomic E-state index is -1.11. The number of methoxy groups -OCH3 is 1. The van der Waals surface area contributed by atoms with Crippen molar-refractivity contribution in [2.75, 3.05) is 20.5 Å². The number of benzene rings is 2. The second-order valence-electron chi connectivity index (χ2n) is 8.22. The lowest BCUT2D eigenvalue weighted by Gasteiger charge is -2.16. The molecule has 0 atom stereocenters. The van der Waals surface area contributed by atoms with Gasteiger partial charge in [-0.3, -0.25) is 0 Å². The first-order chi connectivity index (χ1) is 14.1. The number of aromatic carboxylic acids is 1. The third-order valence-electron chi connectivity index (χ3n) is 4.47. The van der Waals surface area contributed by atoms with Gasteiger partial charge >= 0.3 is 5.97 Å². The third kappa shape index (κ3) is 7.30. The van der Waals surface area contributed by atoms with Crippen LogP contribution in [0.25, 0.3) is 12.2 Å². The molecule has 0 radical (unpaired) electrons. The van der Waals surface area contributed by atoms with E-state index >= 15 is 0 Å². The summed E-state index contributed by atoms with van der Waals surface area (Å²) in [5, 5.41) is 9.21. The third-order valence-corrected chi connectivity index (χ3v) is 7.26. The van der Waals surface area contributed by atoms with Crippen molar-refractivity contribution in [2.24, 2.45) is 0 Å². The monoisotopic (exact) mass is 492 g/mol. The fourth-order valence-corrected chi connectivity index (χ4v) is 3.81. The fourth-order valence-electron chi connectivity index (χ4n) is 2.69. The predicted octanol–water partition coefficient (Wildman–Crippen LogP) is 6.33. The largest absolute Gasteiger partial charge is 0.496 e. The minimum Gasteiger partial charge on any atom is -0.496 e. The number of hydrogen-bond acceptors (Lipinski definition) is 4. The summed E-state index contributed by atoms with van der Waals surface area (Å²) in [6.07, 6.45) is 3.85. The highest BCUT2D eigenvalue weighted by molar-refractivity contribution is 9.10. The van der Waals surface area contributed by atoms with E-state index in [4.69, 9.17) is 14.2 Å². The van der Waals surface area contributed by atoms with Crippen LogP contribution >= 0.6 is 15.9 Å². The highest BCUT2D eigenvalue weighted by Crippen LogP contribution is 2.29. The Morgan fingerprint density at radius 1 is 1.17 bits per heavy atom. The molecule has 5 nitrogen and oxygen atoms in total. The zero-order chi connectivity index (χ0) is 22.3. The summed E-state index contributed by atoms with van der Waals surface area (Å²) in [4.78, 5) is 11.2. The number of halogens is 1. The maximum atomic E-state index is 11.2. The van der Waals surface area contributed by atoms with E-state index in [9.17, 15) is 9.90 Å². The normalized spacial score (nSPS) is 11.7. The Morgan fingerprint density at radius 2 is 1.90 bits per heavy atom. The van der Waals surface area contributed by atoms with Crippen LogP contribution in [0.4, 0.5) is 0 Å². The number of carboxylic acid groups (broad SMARTS) is 1. The summed E-state index contributed by atoms with van der Waals surface area (Å²) in [7, 11) is 0.351. The molecule has 0 bridgehead atoms. The predicted molar refractivity (Wildman–Crippen MR) is 127 cm³/mol. The van der Waals surface area contributed by atoms with Crippen LogP contribution in [0, 0.1) is 6.92 Å². The van der Waals surface area contributed by atoms with E-state index in [1.165, 1.54) is 7.11 Å². The molecule has 2 rings (SSSR count). The maximum Gasteiger partial charge on any atom is 0.339 e. The van der Waals surface area contributed by atoms with Crippen LogP contribution in [0.3, 0.4) is 0 Å². The molecule has 0 saturated carbocycles. The Bertz CT molecular complexity index is 919. The second-order valence-corrected chi connectivity index (χ2v) is 14.6. The lowest BCUT2D eigenvalue weighted by molar-refractivity contribution is 0.0220. The van der Waals surface area contributed by atoms with E-state index in [2.05, 4.69) is 35.6 Å². The Labute approximate surface area is 187 Å². The molecular formula is C23H29BrO5Si. The van der Waals surface area contributed by atoms with Gasteiger partial charge in [0, 0.05) is 19.2 Å². The summed E-state index contributed by atoms with van der Waals surface area (Å²) >= 11 is 3.63. The van der Waals surface area contributed by atoms with Crippen molar-refractivity contribution >= 4 is 42.1 Å². The Hall–Kier alpha value is -2.09. The van der Waals surface area contributed by atoms with Gasteiger partial charge in [-0.1, -0.05) is 37.9 Å². The number of carbonyl (C=O) groups is 1. The van der Waals surface area contributed by atoms with Gasteiger partial charge < -0.3 is 19.3 Å². The zero-order valence-corrected chi connectivity index (χ0v) is 20.7. The number of carboxylic acids is 1. The van der Waals surface area contributed by atoms with Crippen LogP contribution in [0.2, 0.25) is 25.7 Å². The van der Waals surface area contributed by atoms with Gasteiger partial charge in [-0.25, -0.2) is 4.79 Å². The van der Waals surface area contributed by atoms with E-state index in [1.807, 2.05) is 31.2 Å². The molecule has 0 spiro atoms. The first kappa shape index (κ1) is 24.2. The summed E-state index contributed by atoms with van der Waals surface area (Å²) < 4.78 is 17.6. The van der Waals surface area contributed by atoms with Crippen molar-refractivity contribution in [3.8, 4) is 11.5 Å². The lowest BCUT2D eigenvalue weighted by atomic mass is 10.1. The quantitative estimate of drug-likeness (QED) is 0.181. The van der Waals surface area contributed by atoms with Crippen molar-refractivity contribution < 1.29 is 24.1 Å². The molecule has 2 aromatic rings. The summed E-state index contributed by atoms with van der Waals surface area (Å²) in [6, 6.07) is 10.0. The number of rotatable bonds is 10. The van der Waals surface area contributed by atoms with Gasteiger partial charge in [0.05, 0.1) is 7.11 Å². The first-order valence-electron chi connectivity index (χ1n) is 9.71. The number of hydrogen-bond donors (Lipinski definition) is 1. The van der Waals surface area contributed by atoms with Gasteiger partial charge in [-0.05, 0) is 69.9 Å². The highest BCUT2D eigenvalue weighted by Gasteiger charge is 2.12. The summed E-state index contributed by atoms with van der Waals surface area (Å²) in [6.45, 7) is 9.90. The van der Waals surface area contributed by atoms with Gasteiger partial charge in [0.25, 0.3) is 0 Å². The molecule has 1 N–H and O–H groups in total. The SMILES string of the molecule is COc1cc(/C=C/c2cc(OCOCC[Si](C)(C)C)cc(C)c2Br)ccc1C(=O)O. The maximum absolute atomic E-state index is 11.2. The molecule has 0 fully saturated rings. The van der Waals surface area contributed by atoms with Crippen LogP contribution in [-0.2, 0) is 4.74 Å². The van der Waals surface area contributed by atoms with E-state index in [-0.39, 0.29) is 12.4 Å². The molecule has 0 aliphatic carbocycles. The molecule has 0 aromatic heterocycles. The van der Waals surface area contributed by atoms with Gasteiger partial charge in [0.1, 0.15) is 17.1 Å². The van der Waals surface area contributed by atoms with E-state index < -0.39 is 14.0 Å². The van der Waals surface area contributed by atoms with Crippen LogP contribution in [-0.4, -0.2) is 39.7 Å². The molecule has 0 unspecified atom stereocenters. The van der Waals surface area contributed by atoms with Crippen molar-refractivity contribution in [1.82, 2.24) is 0 Å². The minimum absolute atomic E-state index is 0.135. The standard InChI is InChI=1S/C23H29BrO5Si/c1-16-12-19(29-15-28-10-11-30(3,4)5)14-18(22(16)24)8-6-17-7-9-20(23(25)26)21(13-17)27-2/h6-9,12-14H,10-11,15H2,1-5H3,(H,25,26)/b8-6+. The molecular weight excluding hydrogens is 464 g/mol. The van der Waals surface area contributed by atoms with Crippen LogP contribution in [0.1, 0.15) is 27.0 Å². The molecule has 0 amide bonds. The Morgan fingerprint density at radius 3 is 2.53 bits per heavy atom. The number of ether oxygens (including phenoxy) is 3. The molecule has 30 heavy (non-hydrogen) atoms. The molecule has 162 valence electrons. The number of aryl methyl sites for hydroxylation is 1. The molecule has 0 saturated heterocycles. The van der Waals surface area contributed by atoms with Gasteiger partial charge in [0.2, 0.25) is 0 Å². The molecule has 2 aromatic carbocycles. The average Bonchev–Trinajstić information content (AvgIpc) is 2.67. The molecule has 0 aliphatic rings. The Balaban J connectivity index is 2.11. The van der Waals surface area contributed by atoms with Crippen LogP contribution in [0.15, 0.2) is 34.8 Å². The van der Waals surface area contributed by atoms with Crippen molar-refractivity contribution in [2.45, 2.75) is 32.6 Å².